The second-order valence-electron chi connectivity index (χ2n) is 6.92. The number of hydrogen-bond donors (Lipinski definition) is 3. The van der Waals surface area contributed by atoms with Gasteiger partial charge in [-0.15, -0.1) is 12.4 Å². The molecule has 0 saturated heterocycles. The number of rotatable bonds is 4. The standard InChI is InChI=1S/C17H25N3O3S.ClH/c1-19-24(22,23)15-7-3-6-14(10-15)20-17(21)13-8-11-4-2-5-12(9-13)16(11)18;/h3,6-7,10-13,16,19H,2,4-5,8-9,18H2,1H3,(H,20,21);1H. The smallest absolute Gasteiger partial charge is 0.240 e. The first kappa shape index (κ1) is 20.2. The Kier molecular flexibility index (Phi) is 6.48. The van der Waals surface area contributed by atoms with Gasteiger partial charge in [0.2, 0.25) is 15.9 Å². The second kappa shape index (κ2) is 8.03. The topological polar surface area (TPSA) is 101 Å². The van der Waals surface area contributed by atoms with E-state index < -0.39 is 10.0 Å². The first-order valence-electron chi connectivity index (χ1n) is 8.51. The van der Waals surface area contributed by atoms with Gasteiger partial charge in [0.15, 0.2) is 0 Å². The van der Waals surface area contributed by atoms with Gasteiger partial charge >= 0.3 is 0 Å². The number of amides is 1. The molecule has 2 unspecified atom stereocenters. The third-order valence-corrected chi connectivity index (χ3v) is 6.88. The number of anilines is 1. The highest BCUT2D eigenvalue weighted by molar-refractivity contribution is 7.89. The van der Waals surface area contributed by atoms with E-state index in [1.807, 2.05) is 0 Å². The van der Waals surface area contributed by atoms with Crippen LogP contribution in [0.2, 0.25) is 0 Å². The van der Waals surface area contributed by atoms with Crippen LogP contribution in [0, 0.1) is 17.8 Å². The van der Waals surface area contributed by atoms with Crippen molar-refractivity contribution in [1.29, 1.82) is 0 Å². The number of nitrogens with one attached hydrogen (secondary N) is 2. The maximum atomic E-state index is 12.6. The quantitative estimate of drug-likeness (QED) is 0.736. The lowest BCUT2D eigenvalue weighted by atomic mass is 9.65. The van der Waals surface area contributed by atoms with Gasteiger partial charge in [-0.25, -0.2) is 13.1 Å². The minimum absolute atomic E-state index is 0. The summed E-state index contributed by atoms with van der Waals surface area (Å²) in [6.07, 6.45) is 5.09. The Labute approximate surface area is 155 Å². The molecule has 0 radical (unpaired) electrons. The summed E-state index contributed by atoms with van der Waals surface area (Å²) in [6, 6.07) is 6.56. The molecule has 2 saturated carbocycles. The molecule has 6 nitrogen and oxygen atoms in total. The lowest BCUT2D eigenvalue weighted by Crippen LogP contribution is -2.48. The Morgan fingerprint density at radius 2 is 1.84 bits per heavy atom. The lowest BCUT2D eigenvalue weighted by Gasteiger charge is -2.43. The number of benzene rings is 1. The highest BCUT2D eigenvalue weighted by Gasteiger charge is 2.40. The molecule has 1 amide bonds. The highest BCUT2D eigenvalue weighted by atomic mass is 35.5. The first-order valence-corrected chi connectivity index (χ1v) is 9.99. The Morgan fingerprint density at radius 1 is 1.20 bits per heavy atom. The number of carbonyl (C=O) groups is 1. The fourth-order valence-corrected chi connectivity index (χ4v) is 4.88. The van der Waals surface area contributed by atoms with Crippen LogP contribution in [0.1, 0.15) is 32.1 Å². The maximum absolute atomic E-state index is 12.6. The number of sulfonamides is 1. The summed E-state index contributed by atoms with van der Waals surface area (Å²) in [7, 11) is -2.15. The zero-order valence-corrected chi connectivity index (χ0v) is 15.9. The summed E-state index contributed by atoms with van der Waals surface area (Å²) in [4.78, 5) is 12.8. The molecule has 3 rings (SSSR count). The Morgan fingerprint density at radius 3 is 2.44 bits per heavy atom. The van der Waals surface area contributed by atoms with E-state index in [1.165, 1.54) is 25.6 Å². The Hall–Kier alpha value is -1.15. The zero-order chi connectivity index (χ0) is 17.3. The van der Waals surface area contributed by atoms with Crippen molar-refractivity contribution in [2.45, 2.75) is 43.0 Å². The molecule has 2 fully saturated rings. The van der Waals surface area contributed by atoms with Crippen LogP contribution in [0.5, 0.6) is 0 Å². The predicted molar refractivity (Wildman–Crippen MR) is 100 cm³/mol. The van der Waals surface area contributed by atoms with E-state index in [1.54, 1.807) is 12.1 Å². The van der Waals surface area contributed by atoms with Crippen LogP contribution in [0.15, 0.2) is 29.2 Å². The van der Waals surface area contributed by atoms with Crippen molar-refractivity contribution in [2.24, 2.45) is 23.5 Å². The summed E-state index contributed by atoms with van der Waals surface area (Å²) >= 11 is 0. The summed E-state index contributed by atoms with van der Waals surface area (Å²) in [5.41, 5.74) is 6.79. The number of halogens is 1. The molecule has 0 aromatic heterocycles. The van der Waals surface area contributed by atoms with Crippen LogP contribution in [0.4, 0.5) is 5.69 Å². The molecule has 0 aliphatic heterocycles. The molecule has 1 aromatic rings. The van der Waals surface area contributed by atoms with Crippen molar-refractivity contribution in [2.75, 3.05) is 12.4 Å². The third-order valence-electron chi connectivity index (χ3n) is 5.46. The minimum atomic E-state index is -3.52. The van der Waals surface area contributed by atoms with Crippen molar-refractivity contribution >= 4 is 34.0 Å². The average Bonchev–Trinajstić information content (AvgIpc) is 2.54. The van der Waals surface area contributed by atoms with E-state index in [0.29, 0.717) is 17.5 Å². The molecular weight excluding hydrogens is 362 g/mol. The van der Waals surface area contributed by atoms with E-state index >= 15 is 0 Å². The summed E-state index contributed by atoms with van der Waals surface area (Å²) in [5.74, 6) is 0.802. The maximum Gasteiger partial charge on any atom is 0.240 e. The van der Waals surface area contributed by atoms with Gasteiger partial charge in [0.25, 0.3) is 0 Å². The highest BCUT2D eigenvalue weighted by Crippen LogP contribution is 2.42. The number of nitrogens with two attached hydrogens (primary N) is 1. The molecule has 8 heteroatoms. The monoisotopic (exact) mass is 387 g/mol. The van der Waals surface area contributed by atoms with Crippen molar-refractivity contribution in [3.8, 4) is 0 Å². The Bertz CT molecular complexity index is 712. The number of fused-ring (bicyclic) bond motifs is 2. The SMILES string of the molecule is CNS(=O)(=O)c1cccc(NC(=O)C2CC3CCCC(C2)C3N)c1.Cl. The Balaban J connectivity index is 0.00000225. The molecule has 2 bridgehead atoms. The lowest BCUT2D eigenvalue weighted by molar-refractivity contribution is -0.122. The number of carbonyl (C=O) groups excluding carboxylic acids is 1. The van der Waals surface area contributed by atoms with Crippen molar-refractivity contribution < 1.29 is 13.2 Å². The van der Waals surface area contributed by atoms with Crippen LogP contribution < -0.4 is 15.8 Å². The van der Waals surface area contributed by atoms with Gasteiger partial charge in [-0.2, -0.15) is 0 Å². The summed E-state index contributed by atoms with van der Waals surface area (Å²) in [5, 5.41) is 2.88. The molecule has 2 aliphatic rings. The van der Waals surface area contributed by atoms with Crippen molar-refractivity contribution in [3.05, 3.63) is 24.3 Å². The van der Waals surface area contributed by atoms with E-state index in [-0.39, 0.29) is 35.2 Å². The van der Waals surface area contributed by atoms with Crippen LogP contribution in [-0.2, 0) is 14.8 Å². The van der Waals surface area contributed by atoms with Crippen LogP contribution in [-0.4, -0.2) is 27.4 Å². The fraction of sp³-hybridized carbons (Fsp3) is 0.588. The molecule has 1 aromatic carbocycles. The van der Waals surface area contributed by atoms with Gasteiger partial charge in [-0.1, -0.05) is 12.5 Å². The second-order valence-corrected chi connectivity index (χ2v) is 8.81. The van der Waals surface area contributed by atoms with Gasteiger partial charge in [0.1, 0.15) is 0 Å². The molecule has 2 atom stereocenters. The van der Waals surface area contributed by atoms with Gasteiger partial charge < -0.3 is 11.1 Å². The summed E-state index contributed by atoms with van der Waals surface area (Å²) < 4.78 is 26.0. The normalized spacial score (nSPS) is 28.7. The first-order chi connectivity index (χ1) is 11.4. The van der Waals surface area contributed by atoms with E-state index in [0.717, 1.165) is 25.7 Å². The molecule has 0 heterocycles. The average molecular weight is 388 g/mol. The van der Waals surface area contributed by atoms with E-state index in [4.69, 9.17) is 5.73 Å². The molecule has 2 aliphatic carbocycles. The molecule has 25 heavy (non-hydrogen) atoms. The van der Waals surface area contributed by atoms with Crippen LogP contribution in [0.25, 0.3) is 0 Å². The van der Waals surface area contributed by atoms with Gasteiger partial charge in [-0.05, 0) is 62.8 Å². The molecule has 140 valence electrons. The van der Waals surface area contributed by atoms with Crippen molar-refractivity contribution in [1.82, 2.24) is 4.72 Å². The minimum Gasteiger partial charge on any atom is -0.327 e. The largest absolute Gasteiger partial charge is 0.327 e. The number of hydrogen-bond acceptors (Lipinski definition) is 4. The molecular formula is C17H26ClN3O3S. The van der Waals surface area contributed by atoms with E-state index in [2.05, 4.69) is 10.0 Å². The van der Waals surface area contributed by atoms with Gasteiger partial charge in [0, 0.05) is 17.6 Å². The van der Waals surface area contributed by atoms with Gasteiger partial charge in [0.05, 0.1) is 4.90 Å². The molecule has 4 N–H and O–H groups in total. The fourth-order valence-electron chi connectivity index (χ4n) is 4.11. The third kappa shape index (κ3) is 4.34. The van der Waals surface area contributed by atoms with Crippen LogP contribution >= 0.6 is 12.4 Å². The summed E-state index contributed by atoms with van der Waals surface area (Å²) in [6.45, 7) is 0. The van der Waals surface area contributed by atoms with Crippen molar-refractivity contribution in [3.63, 3.8) is 0 Å². The van der Waals surface area contributed by atoms with E-state index in [9.17, 15) is 13.2 Å². The predicted octanol–water partition coefficient (Wildman–Crippen LogP) is 2.11. The molecule has 0 spiro atoms. The van der Waals surface area contributed by atoms with Gasteiger partial charge in [-0.3, -0.25) is 4.79 Å². The van der Waals surface area contributed by atoms with Crippen LogP contribution in [0.3, 0.4) is 0 Å². The zero-order valence-electron chi connectivity index (χ0n) is 14.3.